The quantitative estimate of drug-likeness (QED) is 0.173. The van der Waals surface area contributed by atoms with Gasteiger partial charge in [0.2, 0.25) is 0 Å². The molecule has 0 fully saturated rings. The van der Waals surface area contributed by atoms with Gasteiger partial charge in [0, 0.05) is 11.8 Å². The Kier molecular flexibility index (Phi) is 9.14. The van der Waals surface area contributed by atoms with Crippen molar-refractivity contribution in [3.63, 3.8) is 0 Å². The largest absolute Gasteiger partial charge is 0.256 e. The molecule has 0 atom stereocenters. The van der Waals surface area contributed by atoms with Gasteiger partial charge in [0.1, 0.15) is 0 Å². The first kappa shape index (κ1) is 28.6. The maximum Gasteiger partial charge on any atom is 0.0702 e. The summed E-state index contributed by atoms with van der Waals surface area (Å²) in [6.45, 7) is 11.4. The van der Waals surface area contributed by atoms with Crippen molar-refractivity contribution in [2.24, 2.45) is 0 Å². The van der Waals surface area contributed by atoms with E-state index in [0.717, 1.165) is 24.1 Å². The van der Waals surface area contributed by atoms with Gasteiger partial charge in [-0.15, -0.1) is 0 Å². The molecule has 0 saturated carbocycles. The molecule has 41 heavy (non-hydrogen) atoms. The predicted octanol–water partition coefficient (Wildman–Crippen LogP) is 11.4. The van der Waals surface area contributed by atoms with E-state index in [1.54, 1.807) is 0 Å². The third-order valence-corrected chi connectivity index (χ3v) is 8.49. The fourth-order valence-electron chi connectivity index (χ4n) is 6.32. The number of rotatable bonds is 10. The van der Waals surface area contributed by atoms with E-state index in [2.05, 4.69) is 125 Å². The highest BCUT2D eigenvalue weighted by Crippen LogP contribution is 2.44. The van der Waals surface area contributed by atoms with Gasteiger partial charge in [0.15, 0.2) is 0 Å². The summed E-state index contributed by atoms with van der Waals surface area (Å²) in [4.78, 5) is 4.63. The molecule has 1 nitrogen and oxygen atoms in total. The summed E-state index contributed by atoms with van der Waals surface area (Å²) in [6, 6.07) is 33.7. The average molecular weight is 538 g/mol. The smallest absolute Gasteiger partial charge is 0.0702 e. The highest BCUT2D eigenvalue weighted by Gasteiger charge is 2.21. The normalized spacial score (nSPS) is 11.1. The number of hydrogen-bond acceptors (Lipinski definition) is 1. The summed E-state index contributed by atoms with van der Waals surface area (Å²) in [5, 5.41) is 0. The number of aromatic nitrogens is 1. The van der Waals surface area contributed by atoms with Crippen molar-refractivity contribution < 1.29 is 0 Å². The van der Waals surface area contributed by atoms with Gasteiger partial charge >= 0.3 is 0 Å². The molecular formula is C40H43N. The van der Waals surface area contributed by atoms with Crippen LogP contribution in [0.2, 0.25) is 0 Å². The van der Waals surface area contributed by atoms with Gasteiger partial charge in [-0.25, -0.2) is 0 Å². The maximum absolute atomic E-state index is 4.63. The van der Waals surface area contributed by atoms with E-state index in [1.165, 1.54) is 86.9 Å². The molecular weight excluding hydrogens is 494 g/mol. The Hall–Kier alpha value is -3.97. The highest BCUT2D eigenvalue weighted by atomic mass is 14.7. The van der Waals surface area contributed by atoms with Crippen molar-refractivity contribution in [1.29, 1.82) is 0 Å². The number of hydrogen-bond donors (Lipinski definition) is 0. The van der Waals surface area contributed by atoms with Crippen LogP contribution in [0.15, 0.2) is 97.2 Å². The molecule has 0 aliphatic rings. The van der Waals surface area contributed by atoms with E-state index in [1.807, 2.05) is 12.3 Å². The molecule has 0 bridgehead atoms. The van der Waals surface area contributed by atoms with E-state index in [-0.39, 0.29) is 0 Å². The minimum absolute atomic E-state index is 1.00. The van der Waals surface area contributed by atoms with Crippen LogP contribution in [0.3, 0.4) is 0 Å². The van der Waals surface area contributed by atoms with Crippen molar-refractivity contribution >= 4 is 0 Å². The summed E-state index contributed by atoms with van der Waals surface area (Å²) < 4.78 is 0. The maximum atomic E-state index is 4.63. The van der Waals surface area contributed by atoms with E-state index >= 15 is 0 Å². The molecule has 0 N–H and O–H groups in total. The fourth-order valence-corrected chi connectivity index (χ4v) is 6.32. The SMILES string of the molecule is CCCCc1ccc(-c2c(C)c(-c3ccc(CCCC)cc3)c(C)c(-c3cccc(-c4ccccn4)c3)c2C)cc1. The zero-order valence-electron chi connectivity index (χ0n) is 25.4. The second-order valence-corrected chi connectivity index (χ2v) is 11.4. The molecule has 1 heterocycles. The van der Waals surface area contributed by atoms with E-state index in [4.69, 9.17) is 0 Å². The molecule has 0 aliphatic carbocycles. The molecule has 0 unspecified atom stereocenters. The third kappa shape index (κ3) is 6.20. The van der Waals surface area contributed by atoms with Gasteiger partial charge in [-0.05, 0) is 126 Å². The van der Waals surface area contributed by atoms with Gasteiger partial charge in [-0.2, -0.15) is 0 Å². The Morgan fingerprint density at radius 1 is 0.488 bits per heavy atom. The topological polar surface area (TPSA) is 12.9 Å². The van der Waals surface area contributed by atoms with Gasteiger partial charge in [-0.3, -0.25) is 4.98 Å². The molecule has 0 amide bonds. The summed E-state index contributed by atoms with van der Waals surface area (Å²) in [6.07, 6.45) is 9.07. The van der Waals surface area contributed by atoms with Crippen LogP contribution < -0.4 is 0 Å². The monoisotopic (exact) mass is 537 g/mol. The van der Waals surface area contributed by atoms with Gasteiger partial charge in [0.05, 0.1) is 5.69 Å². The summed E-state index contributed by atoms with van der Waals surface area (Å²) in [5.41, 5.74) is 16.9. The number of benzene rings is 4. The van der Waals surface area contributed by atoms with Crippen molar-refractivity contribution in [2.75, 3.05) is 0 Å². The predicted molar refractivity (Wildman–Crippen MR) is 177 cm³/mol. The Balaban J connectivity index is 1.70. The minimum atomic E-state index is 1.00. The lowest BCUT2D eigenvalue weighted by atomic mass is 9.80. The second-order valence-electron chi connectivity index (χ2n) is 11.4. The number of unbranched alkanes of at least 4 members (excludes halogenated alkanes) is 2. The van der Waals surface area contributed by atoms with Crippen LogP contribution in [0, 0.1) is 20.8 Å². The lowest BCUT2D eigenvalue weighted by molar-refractivity contribution is 0.795. The first-order valence-electron chi connectivity index (χ1n) is 15.4. The van der Waals surface area contributed by atoms with Crippen molar-refractivity contribution in [3.8, 4) is 44.6 Å². The van der Waals surface area contributed by atoms with Crippen LogP contribution in [0.25, 0.3) is 44.6 Å². The van der Waals surface area contributed by atoms with Crippen molar-refractivity contribution in [3.05, 3.63) is 125 Å². The summed E-state index contributed by atoms with van der Waals surface area (Å²) in [7, 11) is 0. The minimum Gasteiger partial charge on any atom is -0.256 e. The Morgan fingerprint density at radius 2 is 0.976 bits per heavy atom. The third-order valence-electron chi connectivity index (χ3n) is 8.49. The zero-order chi connectivity index (χ0) is 28.8. The van der Waals surface area contributed by atoms with Crippen LogP contribution in [-0.2, 0) is 12.8 Å². The molecule has 1 aromatic heterocycles. The Morgan fingerprint density at radius 3 is 1.44 bits per heavy atom. The molecule has 0 saturated heterocycles. The lowest BCUT2D eigenvalue weighted by Gasteiger charge is -2.24. The summed E-state index contributed by atoms with van der Waals surface area (Å²) in [5.74, 6) is 0. The van der Waals surface area contributed by atoms with Crippen LogP contribution in [0.1, 0.15) is 67.3 Å². The highest BCUT2D eigenvalue weighted by molar-refractivity contribution is 5.92. The molecule has 0 aliphatic heterocycles. The molecule has 208 valence electrons. The van der Waals surface area contributed by atoms with Crippen LogP contribution >= 0.6 is 0 Å². The first-order valence-corrected chi connectivity index (χ1v) is 15.4. The van der Waals surface area contributed by atoms with Crippen molar-refractivity contribution in [2.45, 2.75) is 73.1 Å². The van der Waals surface area contributed by atoms with Crippen LogP contribution in [-0.4, -0.2) is 4.98 Å². The molecule has 0 radical (unpaired) electrons. The number of nitrogens with zero attached hydrogens (tertiary/aromatic N) is 1. The Bertz CT molecular complexity index is 1510. The average Bonchev–Trinajstić information content (AvgIpc) is 3.01. The standard InChI is InChI=1S/C40H43N/c1-6-8-13-31-18-22-33(23-19-31)38-28(3)39(34-24-20-32(21-25-34)14-9-7-2)30(5)40(29(38)4)36-16-12-15-35(27-36)37-17-10-11-26-41-37/h10-12,15-27H,6-9,13-14H2,1-5H3. The van der Waals surface area contributed by atoms with E-state index < -0.39 is 0 Å². The first-order chi connectivity index (χ1) is 20.0. The van der Waals surface area contributed by atoms with E-state index in [9.17, 15) is 0 Å². The zero-order valence-corrected chi connectivity index (χ0v) is 25.4. The van der Waals surface area contributed by atoms with Gasteiger partial charge in [0.25, 0.3) is 0 Å². The number of aryl methyl sites for hydroxylation is 2. The summed E-state index contributed by atoms with van der Waals surface area (Å²) >= 11 is 0. The molecule has 5 aromatic rings. The molecule has 0 spiro atoms. The van der Waals surface area contributed by atoms with Crippen LogP contribution in [0.5, 0.6) is 0 Å². The van der Waals surface area contributed by atoms with Gasteiger partial charge in [-0.1, -0.05) is 99.5 Å². The molecule has 1 heteroatoms. The molecule has 5 rings (SSSR count). The molecule has 4 aromatic carbocycles. The van der Waals surface area contributed by atoms with Crippen molar-refractivity contribution in [1.82, 2.24) is 4.98 Å². The second kappa shape index (κ2) is 13.1. The fraction of sp³-hybridized carbons (Fsp3) is 0.275. The Labute approximate surface area is 247 Å². The van der Waals surface area contributed by atoms with E-state index in [0.29, 0.717) is 0 Å². The van der Waals surface area contributed by atoms with Crippen LogP contribution in [0.4, 0.5) is 0 Å². The van der Waals surface area contributed by atoms with Gasteiger partial charge < -0.3 is 0 Å². The lowest BCUT2D eigenvalue weighted by Crippen LogP contribution is -2.01. The number of pyridine rings is 1.